The quantitative estimate of drug-likeness (QED) is 0.393. The maximum atomic E-state index is 2.30. The molecule has 0 aliphatic rings. The first-order valence-electron chi connectivity index (χ1n) is 6.31. The van der Waals surface area contributed by atoms with Crippen LogP contribution in [0.25, 0.3) is 0 Å². The van der Waals surface area contributed by atoms with Gasteiger partial charge in [0.1, 0.15) is 0 Å². The van der Waals surface area contributed by atoms with Gasteiger partial charge in [-0.3, -0.25) is 0 Å². The van der Waals surface area contributed by atoms with Crippen LogP contribution in [0, 0.1) is 0 Å². The van der Waals surface area contributed by atoms with Gasteiger partial charge in [-0.1, -0.05) is 77.2 Å². The Bertz CT molecular complexity index is 91.1. The van der Waals surface area contributed by atoms with Crippen LogP contribution in [-0.4, -0.2) is 10.2 Å². The van der Waals surface area contributed by atoms with Gasteiger partial charge in [-0.05, 0) is 0 Å². The van der Waals surface area contributed by atoms with Gasteiger partial charge >= 0.3 is 0 Å². The molecule has 13 heavy (non-hydrogen) atoms. The molecule has 0 rings (SSSR count). The Hall–Kier alpha value is 0.217. The number of rotatable bonds is 9. The van der Waals surface area contributed by atoms with Crippen LogP contribution in [0.2, 0.25) is 5.54 Å². The topological polar surface area (TPSA) is 0 Å². The van der Waals surface area contributed by atoms with Crippen LogP contribution >= 0.6 is 0 Å². The average molecular weight is 200 g/mol. The summed E-state index contributed by atoms with van der Waals surface area (Å²) >= 11 is 0. The number of hydrogen-bond acceptors (Lipinski definition) is 0. The van der Waals surface area contributed by atoms with E-state index in [0.29, 0.717) is 0 Å². The van der Waals surface area contributed by atoms with E-state index in [1.165, 1.54) is 68.0 Å². The molecule has 0 saturated heterocycles. The summed E-state index contributed by atoms with van der Waals surface area (Å²) in [6.45, 7) is 4.59. The zero-order valence-electron chi connectivity index (χ0n) is 9.94. The Labute approximate surface area is 87.9 Å². The van der Waals surface area contributed by atoms with Gasteiger partial charge in [0, 0.05) is 10.2 Å². The van der Waals surface area contributed by atoms with Gasteiger partial charge in [0.05, 0.1) is 0 Å². The number of hydrogen-bond donors (Lipinski definition) is 0. The molecule has 0 amide bonds. The summed E-state index contributed by atoms with van der Waals surface area (Å²) in [4.78, 5) is 0. The lowest BCUT2D eigenvalue weighted by Crippen LogP contribution is -1.92. The average Bonchev–Trinajstić information content (AvgIpc) is 2.14. The minimum Gasteiger partial charge on any atom is -0.0654 e. The van der Waals surface area contributed by atoms with Crippen LogP contribution in [0.15, 0.2) is 0 Å². The molecule has 0 fully saturated rings. The highest BCUT2D eigenvalue weighted by molar-refractivity contribution is 6.11. The zero-order valence-corrected chi connectivity index (χ0v) is 11.9. The molecule has 0 nitrogen and oxygen atoms in total. The van der Waals surface area contributed by atoms with Crippen molar-refractivity contribution in [2.75, 3.05) is 0 Å². The molecule has 0 N–H and O–H groups in total. The standard InChI is InChI=1S/C12H28Si/c1-3-5-7-8-9-11-12(13)10-6-4-2/h12H,3-11H2,1-2,13H3. The fraction of sp³-hybridized carbons (Fsp3) is 1.00. The van der Waals surface area contributed by atoms with Gasteiger partial charge in [-0.15, -0.1) is 0 Å². The fourth-order valence-electron chi connectivity index (χ4n) is 1.79. The van der Waals surface area contributed by atoms with E-state index in [4.69, 9.17) is 0 Å². The molecule has 0 aromatic rings. The van der Waals surface area contributed by atoms with E-state index in [1.807, 2.05) is 0 Å². The Kier molecular flexibility index (Phi) is 10.5. The van der Waals surface area contributed by atoms with E-state index in [0.717, 1.165) is 5.54 Å². The second kappa shape index (κ2) is 10.3. The van der Waals surface area contributed by atoms with Gasteiger partial charge in [0.2, 0.25) is 0 Å². The van der Waals surface area contributed by atoms with Crippen LogP contribution < -0.4 is 0 Å². The summed E-state index contributed by atoms with van der Waals surface area (Å²) < 4.78 is 0. The zero-order chi connectivity index (χ0) is 9.94. The molecular formula is C12H28Si. The normalized spacial score (nSPS) is 13.4. The van der Waals surface area contributed by atoms with E-state index in [1.54, 1.807) is 0 Å². The molecule has 0 aromatic heterocycles. The molecule has 80 valence electrons. The van der Waals surface area contributed by atoms with Gasteiger partial charge in [-0.2, -0.15) is 0 Å². The molecule has 0 saturated carbocycles. The van der Waals surface area contributed by atoms with Crippen LogP contribution in [0.3, 0.4) is 0 Å². The maximum Gasteiger partial charge on any atom is 0.00672 e. The molecule has 0 spiro atoms. The summed E-state index contributed by atoms with van der Waals surface area (Å²) in [7, 11) is 1.42. The summed E-state index contributed by atoms with van der Waals surface area (Å²) in [5.41, 5.74) is 1.11. The predicted molar refractivity (Wildman–Crippen MR) is 66.6 cm³/mol. The monoisotopic (exact) mass is 200 g/mol. The largest absolute Gasteiger partial charge is 0.0654 e. The molecule has 1 unspecified atom stereocenters. The van der Waals surface area contributed by atoms with Crippen molar-refractivity contribution in [2.45, 2.75) is 77.2 Å². The lowest BCUT2D eigenvalue weighted by atomic mass is 10.1. The van der Waals surface area contributed by atoms with Crippen molar-refractivity contribution in [1.29, 1.82) is 0 Å². The molecule has 0 bridgehead atoms. The van der Waals surface area contributed by atoms with E-state index in [-0.39, 0.29) is 0 Å². The van der Waals surface area contributed by atoms with Crippen molar-refractivity contribution < 1.29 is 0 Å². The Morgan fingerprint density at radius 3 is 1.92 bits per heavy atom. The van der Waals surface area contributed by atoms with Crippen molar-refractivity contribution in [2.24, 2.45) is 0 Å². The summed E-state index contributed by atoms with van der Waals surface area (Å²) in [6.07, 6.45) is 13.2. The first-order chi connectivity index (χ1) is 6.31. The second-order valence-corrected chi connectivity index (χ2v) is 6.08. The third kappa shape index (κ3) is 10.1. The lowest BCUT2D eigenvalue weighted by Gasteiger charge is -2.09. The molecule has 0 radical (unpaired) electrons. The van der Waals surface area contributed by atoms with E-state index in [2.05, 4.69) is 13.8 Å². The Morgan fingerprint density at radius 2 is 1.31 bits per heavy atom. The first-order valence-corrected chi connectivity index (χ1v) is 7.46. The van der Waals surface area contributed by atoms with Gasteiger partial charge in [0.25, 0.3) is 0 Å². The molecule has 0 aromatic carbocycles. The van der Waals surface area contributed by atoms with Gasteiger partial charge in [0.15, 0.2) is 0 Å². The van der Waals surface area contributed by atoms with Gasteiger partial charge in [-0.25, -0.2) is 0 Å². The summed E-state index contributed by atoms with van der Waals surface area (Å²) in [5, 5.41) is 0. The third-order valence-corrected chi connectivity index (χ3v) is 4.01. The van der Waals surface area contributed by atoms with Crippen LogP contribution in [0.5, 0.6) is 0 Å². The minimum atomic E-state index is 1.11. The predicted octanol–water partition coefficient (Wildman–Crippen LogP) is 3.69. The lowest BCUT2D eigenvalue weighted by molar-refractivity contribution is 0.562. The van der Waals surface area contributed by atoms with Gasteiger partial charge < -0.3 is 0 Å². The summed E-state index contributed by atoms with van der Waals surface area (Å²) in [6, 6.07) is 0. The molecular weight excluding hydrogens is 172 g/mol. The van der Waals surface area contributed by atoms with E-state index in [9.17, 15) is 0 Å². The maximum absolute atomic E-state index is 2.30. The highest BCUT2D eigenvalue weighted by Gasteiger charge is 2.00. The minimum absolute atomic E-state index is 1.11. The highest BCUT2D eigenvalue weighted by Crippen LogP contribution is 2.19. The molecule has 0 aliphatic carbocycles. The molecule has 1 heteroatoms. The third-order valence-electron chi connectivity index (χ3n) is 2.85. The van der Waals surface area contributed by atoms with Crippen molar-refractivity contribution >= 4 is 10.2 Å². The summed E-state index contributed by atoms with van der Waals surface area (Å²) in [5.74, 6) is 0. The van der Waals surface area contributed by atoms with E-state index >= 15 is 0 Å². The number of unbranched alkanes of at least 4 members (excludes halogenated alkanes) is 5. The van der Waals surface area contributed by atoms with Crippen molar-refractivity contribution in [1.82, 2.24) is 0 Å². The van der Waals surface area contributed by atoms with E-state index < -0.39 is 0 Å². The van der Waals surface area contributed by atoms with Crippen LogP contribution in [-0.2, 0) is 0 Å². The highest BCUT2D eigenvalue weighted by atomic mass is 28.1. The fourth-order valence-corrected chi connectivity index (χ4v) is 2.61. The van der Waals surface area contributed by atoms with Crippen molar-refractivity contribution in [3.8, 4) is 0 Å². The Balaban J connectivity index is 3.03. The van der Waals surface area contributed by atoms with Crippen molar-refractivity contribution in [3.05, 3.63) is 0 Å². The molecule has 0 aliphatic heterocycles. The Morgan fingerprint density at radius 1 is 0.769 bits per heavy atom. The van der Waals surface area contributed by atoms with Crippen LogP contribution in [0.1, 0.15) is 71.6 Å². The second-order valence-electron chi connectivity index (χ2n) is 4.45. The SMILES string of the molecule is CCCCCCCC([SiH3])CCCC. The van der Waals surface area contributed by atoms with Crippen molar-refractivity contribution in [3.63, 3.8) is 0 Å². The smallest absolute Gasteiger partial charge is 0.00672 e. The molecule has 1 atom stereocenters. The van der Waals surface area contributed by atoms with Crippen LogP contribution in [0.4, 0.5) is 0 Å². The first kappa shape index (κ1) is 13.2. The molecule has 0 heterocycles.